The Morgan fingerprint density at radius 1 is 0.971 bits per heavy atom. The predicted octanol–water partition coefficient (Wildman–Crippen LogP) is 1.46. The van der Waals surface area contributed by atoms with Crippen molar-refractivity contribution in [3.8, 4) is 11.1 Å². The van der Waals surface area contributed by atoms with Gasteiger partial charge >= 0.3 is 0 Å². The molecule has 0 unspecified atom stereocenters. The molecule has 3 rings (SSSR count). The minimum absolute atomic E-state index is 0.163. The summed E-state index contributed by atoms with van der Waals surface area (Å²) in [5.41, 5.74) is 5.08. The fourth-order valence-corrected chi connectivity index (χ4v) is 3.29. The van der Waals surface area contributed by atoms with Gasteiger partial charge < -0.3 is 21.1 Å². The van der Waals surface area contributed by atoms with Crippen molar-refractivity contribution >= 4 is 23.4 Å². The van der Waals surface area contributed by atoms with E-state index in [0.717, 1.165) is 16.7 Å². The second-order valence-corrected chi connectivity index (χ2v) is 7.84. The van der Waals surface area contributed by atoms with Gasteiger partial charge in [-0.2, -0.15) is 0 Å². The first kappa shape index (κ1) is 25.5. The van der Waals surface area contributed by atoms with E-state index in [1.165, 1.54) is 12.4 Å². The van der Waals surface area contributed by atoms with Gasteiger partial charge in [0.2, 0.25) is 5.91 Å². The van der Waals surface area contributed by atoms with E-state index in [2.05, 4.69) is 20.9 Å². The summed E-state index contributed by atoms with van der Waals surface area (Å²) >= 11 is 0. The molecule has 2 atom stereocenters. The molecule has 0 fully saturated rings. The highest BCUT2D eigenvalue weighted by atomic mass is 16.5. The number of hydrogen-bond acceptors (Lipinski definition) is 7. The lowest BCUT2D eigenvalue weighted by Gasteiger charge is -2.19. The summed E-state index contributed by atoms with van der Waals surface area (Å²) in [6, 6.07) is 16.4. The van der Waals surface area contributed by atoms with Gasteiger partial charge in [0.15, 0.2) is 0 Å². The van der Waals surface area contributed by atoms with E-state index < -0.39 is 24.0 Å². The maximum atomic E-state index is 12.4. The fourth-order valence-electron chi connectivity index (χ4n) is 3.29. The Bertz CT molecular complexity index is 1140. The molecule has 0 aliphatic heterocycles. The second-order valence-electron chi connectivity index (χ2n) is 7.84. The lowest BCUT2D eigenvalue weighted by Crippen LogP contribution is -2.51. The third kappa shape index (κ3) is 7.44. The zero-order chi connectivity index (χ0) is 25.2. The maximum Gasteiger partial charge on any atom is 0.268 e. The third-order valence-corrected chi connectivity index (χ3v) is 5.15. The van der Waals surface area contributed by atoms with Gasteiger partial charge in [0.25, 0.3) is 11.8 Å². The number of nitrogens with one attached hydrogen (secondary N) is 4. The molecule has 35 heavy (non-hydrogen) atoms. The normalized spacial score (nSPS) is 12.3. The summed E-state index contributed by atoms with van der Waals surface area (Å²) in [5, 5.41) is 26.7. The molecule has 0 aliphatic carbocycles. The molecule has 10 heteroatoms. The summed E-state index contributed by atoms with van der Waals surface area (Å²) in [6.07, 6.45) is 2.24. The molecule has 0 saturated heterocycles. The van der Waals surface area contributed by atoms with Gasteiger partial charge in [-0.25, -0.2) is 5.48 Å². The van der Waals surface area contributed by atoms with Gasteiger partial charge in [-0.15, -0.1) is 0 Å². The highest BCUT2D eigenvalue weighted by Gasteiger charge is 2.25. The number of carbonyl (C=O) groups is 3. The number of anilines is 1. The number of carbonyl (C=O) groups excluding carboxylic acids is 3. The zero-order valence-corrected chi connectivity index (χ0v) is 19.1. The third-order valence-electron chi connectivity index (χ3n) is 5.15. The number of benzene rings is 2. The Morgan fingerprint density at radius 3 is 2.20 bits per heavy atom. The Kier molecular flexibility index (Phi) is 9.02. The first-order valence-corrected chi connectivity index (χ1v) is 10.9. The van der Waals surface area contributed by atoms with Crippen LogP contribution in [0.1, 0.15) is 22.8 Å². The van der Waals surface area contributed by atoms with Gasteiger partial charge in [0.1, 0.15) is 6.04 Å². The number of aromatic nitrogens is 1. The number of rotatable bonds is 10. The topological polar surface area (TPSA) is 153 Å². The van der Waals surface area contributed by atoms with Crippen molar-refractivity contribution in [1.29, 1.82) is 0 Å². The quantitative estimate of drug-likeness (QED) is 0.191. The summed E-state index contributed by atoms with van der Waals surface area (Å²) in [5.74, 6) is -1.65. The van der Waals surface area contributed by atoms with Crippen LogP contribution in [0.5, 0.6) is 0 Å². The van der Waals surface area contributed by atoms with Crippen molar-refractivity contribution in [3.63, 3.8) is 0 Å². The Hall–Kier alpha value is -4.12. The van der Waals surface area contributed by atoms with E-state index in [9.17, 15) is 19.5 Å². The lowest BCUT2D eigenvalue weighted by atomic mass is 10.0. The SMILES string of the molecule is C[C@@H](O)[C@H](NC(=O)c1ccc(-c2ccc(NC(=O)CNCc3cccnc3)cc2)cc1)C(=O)NO. The number of amides is 3. The summed E-state index contributed by atoms with van der Waals surface area (Å²) in [4.78, 5) is 40.2. The average molecular weight is 478 g/mol. The van der Waals surface area contributed by atoms with Gasteiger partial charge in [-0.1, -0.05) is 30.3 Å². The summed E-state index contributed by atoms with van der Waals surface area (Å²) in [7, 11) is 0. The van der Waals surface area contributed by atoms with E-state index in [1.54, 1.807) is 48.8 Å². The number of aliphatic hydroxyl groups excluding tert-OH is 1. The van der Waals surface area contributed by atoms with Crippen molar-refractivity contribution in [2.24, 2.45) is 0 Å². The van der Waals surface area contributed by atoms with Gasteiger partial charge in [-0.3, -0.25) is 24.6 Å². The van der Waals surface area contributed by atoms with Crippen molar-refractivity contribution in [3.05, 3.63) is 84.2 Å². The van der Waals surface area contributed by atoms with E-state index in [1.807, 2.05) is 24.3 Å². The highest BCUT2D eigenvalue weighted by molar-refractivity contribution is 5.98. The van der Waals surface area contributed by atoms with Gasteiger partial charge in [-0.05, 0) is 53.9 Å². The van der Waals surface area contributed by atoms with Crippen LogP contribution >= 0.6 is 0 Å². The average Bonchev–Trinajstić information content (AvgIpc) is 2.87. The molecule has 0 aliphatic rings. The van der Waals surface area contributed by atoms with Crippen LogP contribution in [0.4, 0.5) is 5.69 Å². The Morgan fingerprint density at radius 2 is 1.63 bits per heavy atom. The number of pyridine rings is 1. The molecule has 10 nitrogen and oxygen atoms in total. The molecule has 0 bridgehead atoms. The fraction of sp³-hybridized carbons (Fsp3) is 0.200. The van der Waals surface area contributed by atoms with E-state index >= 15 is 0 Å². The second kappa shape index (κ2) is 12.4. The molecule has 1 aromatic heterocycles. The van der Waals surface area contributed by atoms with Crippen LogP contribution in [0, 0.1) is 0 Å². The van der Waals surface area contributed by atoms with Crippen molar-refractivity contribution < 1.29 is 24.7 Å². The largest absolute Gasteiger partial charge is 0.391 e. The predicted molar refractivity (Wildman–Crippen MR) is 129 cm³/mol. The van der Waals surface area contributed by atoms with E-state index in [-0.39, 0.29) is 18.0 Å². The molecule has 0 spiro atoms. The van der Waals surface area contributed by atoms with Crippen LogP contribution in [0.3, 0.4) is 0 Å². The molecule has 3 aromatic rings. The highest BCUT2D eigenvalue weighted by Crippen LogP contribution is 2.22. The van der Waals surface area contributed by atoms with Crippen LogP contribution in [0.25, 0.3) is 11.1 Å². The minimum Gasteiger partial charge on any atom is -0.391 e. The number of aliphatic hydroxyl groups is 1. The molecule has 1 heterocycles. The van der Waals surface area contributed by atoms with Crippen molar-refractivity contribution in [2.75, 3.05) is 11.9 Å². The van der Waals surface area contributed by atoms with Crippen LogP contribution in [0.2, 0.25) is 0 Å². The monoisotopic (exact) mass is 477 g/mol. The van der Waals surface area contributed by atoms with Crippen molar-refractivity contribution in [2.45, 2.75) is 25.6 Å². The number of hydroxylamine groups is 1. The molecule has 2 aromatic carbocycles. The van der Waals surface area contributed by atoms with Crippen molar-refractivity contribution in [1.82, 2.24) is 21.1 Å². The number of hydrogen-bond donors (Lipinski definition) is 6. The maximum absolute atomic E-state index is 12.4. The smallest absolute Gasteiger partial charge is 0.268 e. The summed E-state index contributed by atoms with van der Waals surface area (Å²) < 4.78 is 0. The Balaban J connectivity index is 1.53. The van der Waals surface area contributed by atoms with Crippen LogP contribution in [-0.4, -0.2) is 51.7 Å². The molecule has 3 amide bonds. The summed E-state index contributed by atoms with van der Waals surface area (Å²) in [6.45, 7) is 2.03. The Labute approximate surface area is 202 Å². The number of nitrogens with zero attached hydrogens (tertiary/aromatic N) is 1. The lowest BCUT2D eigenvalue weighted by molar-refractivity contribution is -0.133. The first-order valence-electron chi connectivity index (χ1n) is 10.9. The zero-order valence-electron chi connectivity index (χ0n) is 19.1. The van der Waals surface area contributed by atoms with E-state index in [0.29, 0.717) is 12.2 Å². The van der Waals surface area contributed by atoms with Crippen LogP contribution in [-0.2, 0) is 16.1 Å². The minimum atomic E-state index is -1.29. The van der Waals surface area contributed by atoms with Crippen LogP contribution in [0.15, 0.2) is 73.1 Å². The van der Waals surface area contributed by atoms with Gasteiger partial charge in [0, 0.05) is 30.2 Å². The molecular weight excluding hydrogens is 450 g/mol. The van der Waals surface area contributed by atoms with Crippen LogP contribution < -0.4 is 21.4 Å². The molecule has 0 radical (unpaired) electrons. The molecule has 0 saturated carbocycles. The standard InChI is InChI=1S/C25H27N5O5/c1-16(31)23(25(34)30-35)29-24(33)20-6-4-18(5-7-20)19-8-10-21(11-9-19)28-22(32)15-27-14-17-3-2-12-26-13-17/h2-13,16,23,27,31,35H,14-15H2,1H3,(H,28,32)(H,29,33)(H,30,34)/t16-,23+/m1/s1. The molecular formula is C25H27N5O5. The van der Waals surface area contributed by atoms with Gasteiger partial charge in [0.05, 0.1) is 12.6 Å². The first-order chi connectivity index (χ1) is 16.9. The molecule has 182 valence electrons. The van der Waals surface area contributed by atoms with E-state index in [4.69, 9.17) is 5.21 Å². The molecule has 6 N–H and O–H groups in total.